The first-order chi connectivity index (χ1) is 9.49. The topological polar surface area (TPSA) is 75.2 Å². The molecule has 1 fully saturated rings. The van der Waals surface area contributed by atoms with Crippen molar-refractivity contribution in [2.45, 2.75) is 12.3 Å². The van der Waals surface area contributed by atoms with Crippen LogP contribution >= 0.6 is 27.7 Å². The van der Waals surface area contributed by atoms with Crippen molar-refractivity contribution in [3.05, 3.63) is 10.7 Å². The molecule has 0 aromatic carbocycles. The zero-order chi connectivity index (χ0) is 14.8. The Morgan fingerprint density at radius 2 is 2.35 bits per heavy atom. The van der Waals surface area contributed by atoms with Gasteiger partial charge in [0.25, 0.3) is 0 Å². The molecule has 1 unspecified atom stereocenters. The van der Waals surface area contributed by atoms with Crippen LogP contribution in [0.5, 0.6) is 0 Å². The Morgan fingerprint density at radius 1 is 1.60 bits per heavy atom. The summed E-state index contributed by atoms with van der Waals surface area (Å²) < 4.78 is 25.3. The number of aromatic nitrogens is 2. The number of anilines is 2. The quantitative estimate of drug-likeness (QED) is 0.849. The second-order valence-corrected chi connectivity index (χ2v) is 8.74. The number of thioether (sulfide) groups is 1. The highest BCUT2D eigenvalue weighted by Crippen LogP contribution is 2.31. The van der Waals surface area contributed by atoms with Gasteiger partial charge in [0.2, 0.25) is 5.95 Å². The monoisotopic (exact) mass is 380 g/mol. The highest BCUT2D eigenvalue weighted by molar-refractivity contribution is 9.10. The summed E-state index contributed by atoms with van der Waals surface area (Å²) in [5.74, 6) is 2.71. The number of sulfone groups is 1. The number of nitrogens with zero attached hydrogens (tertiary/aromatic N) is 3. The summed E-state index contributed by atoms with van der Waals surface area (Å²) in [6.45, 7) is 2.34. The Morgan fingerprint density at radius 3 is 3.00 bits per heavy atom. The van der Waals surface area contributed by atoms with E-state index in [2.05, 4.69) is 31.2 Å². The lowest BCUT2D eigenvalue weighted by atomic mass is 10.4. The van der Waals surface area contributed by atoms with Gasteiger partial charge in [-0.3, -0.25) is 0 Å². The molecule has 1 N–H and O–H groups in total. The Bertz CT molecular complexity index is 582. The molecule has 6 nitrogen and oxygen atoms in total. The summed E-state index contributed by atoms with van der Waals surface area (Å²) in [6.07, 6.45) is 1.64. The molecule has 1 aromatic rings. The lowest BCUT2D eigenvalue weighted by molar-refractivity contribution is 0.578. The van der Waals surface area contributed by atoms with Gasteiger partial charge in [-0.1, -0.05) is 6.92 Å². The van der Waals surface area contributed by atoms with E-state index in [-0.39, 0.29) is 5.75 Å². The van der Waals surface area contributed by atoms with E-state index in [0.29, 0.717) is 28.5 Å². The maximum atomic E-state index is 12.3. The van der Waals surface area contributed by atoms with E-state index in [1.54, 1.807) is 31.9 Å². The van der Waals surface area contributed by atoms with Crippen LogP contribution in [0.15, 0.2) is 10.7 Å². The summed E-state index contributed by atoms with van der Waals surface area (Å²) in [7, 11) is -1.42. The molecular weight excluding hydrogens is 364 g/mol. The molecule has 112 valence electrons. The van der Waals surface area contributed by atoms with Crippen molar-refractivity contribution >= 4 is 49.3 Å². The molecule has 0 saturated carbocycles. The van der Waals surface area contributed by atoms with Crippen LogP contribution in [0.4, 0.5) is 11.8 Å². The molecule has 0 spiro atoms. The standard InChI is InChI=1S/C11H17BrN4O2S2/c1-3-20(17,18)9-7-19-5-4-16(9)10-8(12)6-14-11(13-2)15-10/h6,9H,3-5,7H2,1-2H3,(H,13,14,15). The fraction of sp³-hybridized carbons (Fsp3) is 0.636. The first-order valence-corrected chi connectivity index (χ1v) is 9.92. The van der Waals surface area contributed by atoms with Gasteiger partial charge in [-0.05, 0) is 15.9 Å². The minimum Gasteiger partial charge on any atom is -0.357 e. The number of hydrogen-bond acceptors (Lipinski definition) is 7. The lowest BCUT2D eigenvalue weighted by Gasteiger charge is -2.36. The van der Waals surface area contributed by atoms with E-state index >= 15 is 0 Å². The summed E-state index contributed by atoms with van der Waals surface area (Å²) >= 11 is 5.08. The highest BCUT2D eigenvalue weighted by Gasteiger charge is 2.34. The molecule has 0 bridgehead atoms. The van der Waals surface area contributed by atoms with Gasteiger partial charge in [-0.2, -0.15) is 16.7 Å². The lowest BCUT2D eigenvalue weighted by Crippen LogP contribution is -2.48. The van der Waals surface area contributed by atoms with Crippen LogP contribution in [0.2, 0.25) is 0 Å². The molecule has 1 saturated heterocycles. The molecule has 2 rings (SSSR count). The van der Waals surface area contributed by atoms with Crippen LogP contribution in [-0.2, 0) is 9.84 Å². The molecule has 1 aromatic heterocycles. The first kappa shape index (κ1) is 15.8. The Balaban J connectivity index is 2.42. The summed E-state index contributed by atoms with van der Waals surface area (Å²) in [5.41, 5.74) is 0. The van der Waals surface area contributed by atoms with Crippen molar-refractivity contribution in [1.29, 1.82) is 0 Å². The van der Waals surface area contributed by atoms with Crippen molar-refractivity contribution in [2.24, 2.45) is 0 Å². The molecule has 2 heterocycles. The fourth-order valence-electron chi connectivity index (χ4n) is 1.99. The van der Waals surface area contributed by atoms with Crippen LogP contribution in [-0.4, -0.2) is 54.6 Å². The Kier molecular flexibility index (Phi) is 5.14. The highest BCUT2D eigenvalue weighted by atomic mass is 79.9. The van der Waals surface area contributed by atoms with Crippen LogP contribution in [0.3, 0.4) is 0 Å². The smallest absolute Gasteiger partial charge is 0.224 e. The average Bonchev–Trinajstić information content (AvgIpc) is 2.48. The number of hydrogen-bond donors (Lipinski definition) is 1. The normalized spacial score (nSPS) is 19.9. The number of nitrogens with one attached hydrogen (secondary N) is 1. The molecule has 9 heteroatoms. The van der Waals surface area contributed by atoms with Crippen molar-refractivity contribution in [2.75, 3.05) is 41.1 Å². The van der Waals surface area contributed by atoms with E-state index in [0.717, 1.165) is 5.75 Å². The summed E-state index contributed by atoms with van der Waals surface area (Å²) in [5, 5.41) is 2.35. The third-order valence-corrected chi connectivity index (χ3v) is 6.97. The van der Waals surface area contributed by atoms with Crippen molar-refractivity contribution in [3.63, 3.8) is 0 Å². The van der Waals surface area contributed by atoms with Gasteiger partial charge in [0.05, 0.1) is 4.47 Å². The maximum absolute atomic E-state index is 12.3. The van der Waals surface area contributed by atoms with E-state index < -0.39 is 15.2 Å². The van der Waals surface area contributed by atoms with E-state index in [1.165, 1.54) is 0 Å². The van der Waals surface area contributed by atoms with Crippen molar-refractivity contribution < 1.29 is 8.42 Å². The Hall–Kier alpha value is -0.540. The molecular formula is C11H17BrN4O2S2. The third-order valence-electron chi connectivity index (χ3n) is 3.12. The SMILES string of the molecule is CCS(=O)(=O)C1CSCCN1c1nc(NC)ncc1Br. The largest absolute Gasteiger partial charge is 0.357 e. The molecule has 1 aliphatic rings. The molecule has 1 aliphatic heterocycles. The predicted molar refractivity (Wildman–Crippen MR) is 87.2 cm³/mol. The second kappa shape index (κ2) is 6.48. The van der Waals surface area contributed by atoms with Crippen LogP contribution in [0.25, 0.3) is 0 Å². The maximum Gasteiger partial charge on any atom is 0.224 e. The van der Waals surface area contributed by atoms with Gasteiger partial charge in [-0.15, -0.1) is 0 Å². The fourth-order valence-corrected chi connectivity index (χ4v) is 5.38. The van der Waals surface area contributed by atoms with Crippen molar-refractivity contribution in [3.8, 4) is 0 Å². The van der Waals surface area contributed by atoms with Crippen LogP contribution in [0.1, 0.15) is 6.92 Å². The molecule has 20 heavy (non-hydrogen) atoms. The summed E-state index contributed by atoms with van der Waals surface area (Å²) in [4.78, 5) is 10.4. The predicted octanol–water partition coefficient (Wildman–Crippen LogP) is 1.59. The molecule has 0 radical (unpaired) electrons. The number of rotatable bonds is 4. The second-order valence-electron chi connectivity index (χ2n) is 4.29. The first-order valence-electron chi connectivity index (χ1n) is 6.26. The van der Waals surface area contributed by atoms with Crippen LogP contribution < -0.4 is 10.2 Å². The minimum absolute atomic E-state index is 0.135. The van der Waals surface area contributed by atoms with Gasteiger partial charge in [-0.25, -0.2) is 13.4 Å². The zero-order valence-corrected chi connectivity index (χ0v) is 14.6. The summed E-state index contributed by atoms with van der Waals surface area (Å²) in [6, 6.07) is 0. The van der Waals surface area contributed by atoms with Crippen LogP contribution in [0, 0.1) is 0 Å². The minimum atomic E-state index is -3.15. The van der Waals surface area contributed by atoms with Gasteiger partial charge in [0.15, 0.2) is 9.84 Å². The average molecular weight is 381 g/mol. The van der Waals surface area contributed by atoms with E-state index in [4.69, 9.17) is 0 Å². The van der Waals surface area contributed by atoms with Gasteiger partial charge < -0.3 is 10.2 Å². The van der Waals surface area contributed by atoms with E-state index in [9.17, 15) is 8.42 Å². The molecule has 0 amide bonds. The van der Waals surface area contributed by atoms with Gasteiger partial charge in [0.1, 0.15) is 11.2 Å². The van der Waals surface area contributed by atoms with Gasteiger partial charge in [0, 0.05) is 37.0 Å². The molecule has 1 atom stereocenters. The Labute approximate surface area is 131 Å². The van der Waals surface area contributed by atoms with Crippen molar-refractivity contribution in [1.82, 2.24) is 9.97 Å². The number of halogens is 1. The molecule has 0 aliphatic carbocycles. The van der Waals surface area contributed by atoms with Gasteiger partial charge >= 0.3 is 0 Å². The third kappa shape index (κ3) is 3.20. The van der Waals surface area contributed by atoms with E-state index in [1.807, 2.05) is 4.90 Å². The zero-order valence-electron chi connectivity index (χ0n) is 11.3.